The lowest BCUT2D eigenvalue weighted by Gasteiger charge is -2.04. The topological polar surface area (TPSA) is 68.0 Å². The molecule has 0 spiro atoms. The summed E-state index contributed by atoms with van der Waals surface area (Å²) in [7, 11) is 0. The van der Waals surface area contributed by atoms with Crippen LogP contribution in [0.4, 0.5) is 5.69 Å². The van der Waals surface area contributed by atoms with E-state index in [2.05, 4.69) is 31.4 Å². The molecule has 23 heavy (non-hydrogen) atoms. The van der Waals surface area contributed by atoms with Gasteiger partial charge >= 0.3 is 0 Å². The van der Waals surface area contributed by atoms with E-state index in [1.165, 1.54) is 0 Å². The van der Waals surface area contributed by atoms with Crippen molar-refractivity contribution in [3.8, 4) is 11.4 Å². The van der Waals surface area contributed by atoms with Crippen LogP contribution in [0.5, 0.6) is 0 Å². The minimum atomic E-state index is -0.0949. The smallest absolute Gasteiger partial charge is 0.227 e. The number of benzene rings is 2. The van der Waals surface area contributed by atoms with Gasteiger partial charge in [-0.3, -0.25) is 4.79 Å². The molecule has 2 aromatic carbocycles. The van der Waals surface area contributed by atoms with Crippen LogP contribution in [-0.2, 0) is 11.2 Å². The zero-order valence-corrected chi connectivity index (χ0v) is 13.8. The number of hydrogen-bond donors (Lipinski definition) is 1. The number of hydrogen-bond acceptors (Lipinski definition) is 4. The number of carbonyl (C=O) groups is 1. The number of amides is 1. The molecule has 0 saturated heterocycles. The summed E-state index contributed by atoms with van der Waals surface area (Å²) < 4.78 is 6.11. The molecule has 3 rings (SSSR count). The van der Waals surface area contributed by atoms with Gasteiger partial charge in [-0.1, -0.05) is 57.5 Å². The highest BCUT2D eigenvalue weighted by molar-refractivity contribution is 9.10. The first-order valence-electron chi connectivity index (χ1n) is 7.14. The molecule has 0 aliphatic rings. The average Bonchev–Trinajstić information content (AvgIpc) is 3.03. The Morgan fingerprint density at radius 3 is 2.74 bits per heavy atom. The SMILES string of the molecule is O=C(CCc1nc(-c2ccccc2)no1)Nc1cccc(Br)c1. The number of aryl methyl sites for hydroxylation is 1. The van der Waals surface area contributed by atoms with E-state index >= 15 is 0 Å². The van der Waals surface area contributed by atoms with Crippen molar-refractivity contribution in [1.82, 2.24) is 10.1 Å². The van der Waals surface area contributed by atoms with E-state index in [4.69, 9.17) is 4.52 Å². The van der Waals surface area contributed by atoms with E-state index in [9.17, 15) is 4.79 Å². The molecule has 6 heteroatoms. The molecule has 5 nitrogen and oxygen atoms in total. The molecule has 116 valence electrons. The van der Waals surface area contributed by atoms with Gasteiger partial charge in [0.05, 0.1) is 0 Å². The number of anilines is 1. The molecular weight excluding hydrogens is 358 g/mol. The molecule has 0 fully saturated rings. The van der Waals surface area contributed by atoms with Crippen molar-refractivity contribution in [2.24, 2.45) is 0 Å². The van der Waals surface area contributed by atoms with Gasteiger partial charge in [0.25, 0.3) is 0 Å². The molecule has 0 unspecified atom stereocenters. The number of rotatable bonds is 5. The normalized spacial score (nSPS) is 10.5. The van der Waals surface area contributed by atoms with E-state index in [-0.39, 0.29) is 12.3 Å². The van der Waals surface area contributed by atoms with Crippen molar-refractivity contribution in [3.05, 3.63) is 65.0 Å². The summed E-state index contributed by atoms with van der Waals surface area (Å²) in [5.41, 5.74) is 1.64. The van der Waals surface area contributed by atoms with Gasteiger partial charge in [0.1, 0.15) is 0 Å². The Labute approximate surface area is 141 Å². The van der Waals surface area contributed by atoms with Gasteiger partial charge in [-0.25, -0.2) is 0 Å². The Balaban J connectivity index is 1.56. The summed E-state index contributed by atoms with van der Waals surface area (Å²) in [5, 5.41) is 6.77. The predicted molar refractivity (Wildman–Crippen MR) is 90.8 cm³/mol. The molecule has 3 aromatic rings. The summed E-state index contributed by atoms with van der Waals surface area (Å²) in [6.07, 6.45) is 0.683. The van der Waals surface area contributed by atoms with E-state index in [0.29, 0.717) is 18.1 Å². The molecule has 0 bridgehead atoms. The highest BCUT2D eigenvalue weighted by Crippen LogP contribution is 2.17. The second-order valence-corrected chi connectivity index (χ2v) is 5.85. The number of carbonyl (C=O) groups excluding carboxylic acids is 1. The number of nitrogens with one attached hydrogen (secondary N) is 1. The van der Waals surface area contributed by atoms with Crippen LogP contribution in [0.25, 0.3) is 11.4 Å². The van der Waals surface area contributed by atoms with Crippen LogP contribution in [0.15, 0.2) is 63.6 Å². The van der Waals surface area contributed by atoms with Gasteiger partial charge in [-0.05, 0) is 18.2 Å². The molecule has 1 heterocycles. The maximum absolute atomic E-state index is 12.0. The summed E-state index contributed by atoms with van der Waals surface area (Å²) >= 11 is 3.37. The van der Waals surface area contributed by atoms with Crippen molar-refractivity contribution in [1.29, 1.82) is 0 Å². The monoisotopic (exact) mass is 371 g/mol. The zero-order chi connectivity index (χ0) is 16.1. The Bertz CT molecular complexity index is 802. The average molecular weight is 372 g/mol. The number of nitrogens with zero attached hydrogens (tertiary/aromatic N) is 2. The Kier molecular flexibility index (Phi) is 4.83. The maximum Gasteiger partial charge on any atom is 0.227 e. The van der Waals surface area contributed by atoms with Gasteiger partial charge < -0.3 is 9.84 Å². The first kappa shape index (κ1) is 15.4. The summed E-state index contributed by atoms with van der Waals surface area (Å²) in [5.74, 6) is 0.892. The Hall–Kier alpha value is -2.47. The largest absolute Gasteiger partial charge is 0.339 e. The van der Waals surface area contributed by atoms with Gasteiger partial charge in [-0.15, -0.1) is 0 Å². The minimum Gasteiger partial charge on any atom is -0.339 e. The number of halogens is 1. The van der Waals surface area contributed by atoms with Crippen molar-refractivity contribution < 1.29 is 9.32 Å². The van der Waals surface area contributed by atoms with Crippen molar-refractivity contribution in [3.63, 3.8) is 0 Å². The highest BCUT2D eigenvalue weighted by Gasteiger charge is 2.10. The minimum absolute atomic E-state index is 0.0949. The zero-order valence-electron chi connectivity index (χ0n) is 12.2. The van der Waals surface area contributed by atoms with E-state index in [1.54, 1.807) is 0 Å². The van der Waals surface area contributed by atoms with E-state index in [0.717, 1.165) is 15.7 Å². The molecule has 0 aliphatic heterocycles. The first-order chi connectivity index (χ1) is 11.2. The van der Waals surface area contributed by atoms with Crippen molar-refractivity contribution in [2.45, 2.75) is 12.8 Å². The fourth-order valence-corrected chi connectivity index (χ4v) is 2.47. The fraction of sp³-hybridized carbons (Fsp3) is 0.118. The van der Waals surface area contributed by atoms with Gasteiger partial charge in [0, 0.05) is 28.6 Å². The van der Waals surface area contributed by atoms with Gasteiger partial charge in [0.15, 0.2) is 0 Å². The van der Waals surface area contributed by atoms with Gasteiger partial charge in [0.2, 0.25) is 17.6 Å². The van der Waals surface area contributed by atoms with Crippen LogP contribution in [0.3, 0.4) is 0 Å². The van der Waals surface area contributed by atoms with Crippen LogP contribution in [0.2, 0.25) is 0 Å². The quantitative estimate of drug-likeness (QED) is 0.733. The molecular formula is C17H14BrN3O2. The highest BCUT2D eigenvalue weighted by atomic mass is 79.9. The van der Waals surface area contributed by atoms with Crippen molar-refractivity contribution in [2.75, 3.05) is 5.32 Å². The van der Waals surface area contributed by atoms with E-state index in [1.807, 2.05) is 54.6 Å². The maximum atomic E-state index is 12.0. The van der Waals surface area contributed by atoms with Crippen LogP contribution in [0.1, 0.15) is 12.3 Å². The third-order valence-electron chi connectivity index (χ3n) is 3.17. The molecule has 1 N–H and O–H groups in total. The lowest BCUT2D eigenvalue weighted by atomic mass is 10.2. The molecule has 1 amide bonds. The molecule has 0 atom stereocenters. The lowest BCUT2D eigenvalue weighted by molar-refractivity contribution is -0.116. The predicted octanol–water partition coefficient (Wildman–Crippen LogP) is 4.07. The second-order valence-electron chi connectivity index (χ2n) is 4.94. The van der Waals surface area contributed by atoms with E-state index < -0.39 is 0 Å². The Morgan fingerprint density at radius 1 is 1.13 bits per heavy atom. The fourth-order valence-electron chi connectivity index (χ4n) is 2.07. The number of aromatic nitrogens is 2. The molecule has 1 aromatic heterocycles. The van der Waals surface area contributed by atoms with Crippen LogP contribution in [0, 0.1) is 0 Å². The summed E-state index contributed by atoms with van der Waals surface area (Å²) in [4.78, 5) is 16.3. The molecule has 0 saturated carbocycles. The van der Waals surface area contributed by atoms with Crippen LogP contribution >= 0.6 is 15.9 Å². The van der Waals surface area contributed by atoms with Crippen LogP contribution in [-0.4, -0.2) is 16.0 Å². The third kappa shape index (κ3) is 4.26. The van der Waals surface area contributed by atoms with Crippen LogP contribution < -0.4 is 5.32 Å². The van der Waals surface area contributed by atoms with Gasteiger partial charge in [-0.2, -0.15) is 4.98 Å². The third-order valence-corrected chi connectivity index (χ3v) is 3.67. The summed E-state index contributed by atoms with van der Waals surface area (Å²) in [6.45, 7) is 0. The second kappa shape index (κ2) is 7.19. The standard InChI is InChI=1S/C17H14BrN3O2/c18-13-7-4-8-14(11-13)19-15(22)9-10-16-20-17(21-23-16)12-5-2-1-3-6-12/h1-8,11H,9-10H2,(H,19,22). The molecule has 0 aliphatic carbocycles. The first-order valence-corrected chi connectivity index (χ1v) is 7.93. The molecule has 0 radical (unpaired) electrons. The summed E-state index contributed by atoms with van der Waals surface area (Å²) in [6, 6.07) is 17.0. The van der Waals surface area contributed by atoms with Crippen molar-refractivity contribution >= 4 is 27.5 Å². The Morgan fingerprint density at radius 2 is 1.96 bits per heavy atom. The lowest BCUT2D eigenvalue weighted by Crippen LogP contribution is -2.12.